The number of hydrogen-bond acceptors (Lipinski definition) is 3. The minimum atomic E-state index is -0.119. The van der Waals surface area contributed by atoms with Crippen molar-refractivity contribution in [2.45, 2.75) is 13.0 Å². The number of aromatic hydroxyl groups is 2. The predicted molar refractivity (Wildman–Crippen MR) is 78.3 cm³/mol. The Morgan fingerprint density at radius 3 is 2.05 bits per heavy atom. The molecule has 5 heteroatoms. The first-order valence-electron chi connectivity index (χ1n) is 5.71. The zero-order chi connectivity index (χ0) is 14.0. The van der Waals surface area contributed by atoms with E-state index in [1.54, 1.807) is 24.3 Å². The lowest BCUT2D eigenvalue weighted by atomic mass is 10.1. The van der Waals surface area contributed by atoms with Crippen LogP contribution in [-0.2, 0) is 0 Å². The molecule has 2 rings (SSSR count). The first kappa shape index (κ1) is 13.8. The van der Waals surface area contributed by atoms with Crippen LogP contribution in [0, 0.1) is 0 Å². The van der Waals surface area contributed by atoms with Crippen LogP contribution < -0.4 is 5.32 Å². The zero-order valence-corrected chi connectivity index (χ0v) is 11.7. The first-order chi connectivity index (χ1) is 8.97. The fraction of sp³-hybridized carbons (Fsp3) is 0.143. The number of benzene rings is 2. The molecule has 0 amide bonds. The average Bonchev–Trinajstić information content (AvgIpc) is 2.36. The molecule has 0 spiro atoms. The summed E-state index contributed by atoms with van der Waals surface area (Å²) < 4.78 is 0. The van der Waals surface area contributed by atoms with E-state index < -0.39 is 0 Å². The van der Waals surface area contributed by atoms with Gasteiger partial charge in [0.05, 0.1) is 10.0 Å². The van der Waals surface area contributed by atoms with Gasteiger partial charge in [0.15, 0.2) is 5.75 Å². The maximum atomic E-state index is 9.49. The second kappa shape index (κ2) is 5.59. The Balaban J connectivity index is 2.19. The number of phenols is 2. The van der Waals surface area contributed by atoms with E-state index >= 15 is 0 Å². The van der Waals surface area contributed by atoms with Crippen LogP contribution in [0.2, 0.25) is 10.0 Å². The summed E-state index contributed by atoms with van der Waals surface area (Å²) in [4.78, 5) is 0. The summed E-state index contributed by atoms with van der Waals surface area (Å²) in [6.07, 6.45) is 0. The number of rotatable bonds is 3. The van der Waals surface area contributed by atoms with Gasteiger partial charge in [-0.05, 0) is 36.8 Å². The molecule has 100 valence electrons. The highest BCUT2D eigenvalue weighted by atomic mass is 35.5. The largest absolute Gasteiger partial charge is 0.508 e. The number of nitrogens with one attached hydrogen (secondary N) is 1. The molecule has 0 radical (unpaired) electrons. The normalized spacial score (nSPS) is 12.2. The van der Waals surface area contributed by atoms with Gasteiger partial charge in [-0.3, -0.25) is 0 Å². The molecule has 19 heavy (non-hydrogen) atoms. The lowest BCUT2D eigenvalue weighted by Crippen LogP contribution is -2.06. The molecule has 0 bridgehead atoms. The van der Waals surface area contributed by atoms with Crippen LogP contribution in [0.25, 0.3) is 0 Å². The lowest BCUT2D eigenvalue weighted by Gasteiger charge is -2.16. The van der Waals surface area contributed by atoms with Crippen molar-refractivity contribution in [3.63, 3.8) is 0 Å². The van der Waals surface area contributed by atoms with E-state index in [0.717, 1.165) is 5.56 Å². The standard InChI is InChI=1S/C14H13Cl2NO2/c1-8(9-2-4-11(18)5-3-9)17-10-6-12(15)14(19)13(16)7-10/h2-8,17-19H,1H3. The van der Waals surface area contributed by atoms with Crippen molar-refractivity contribution in [3.05, 3.63) is 52.0 Å². The van der Waals surface area contributed by atoms with Crippen LogP contribution in [-0.4, -0.2) is 10.2 Å². The molecular formula is C14H13Cl2NO2. The van der Waals surface area contributed by atoms with Gasteiger partial charge in [0.1, 0.15) is 5.75 Å². The SMILES string of the molecule is CC(Nc1cc(Cl)c(O)c(Cl)c1)c1ccc(O)cc1. The number of phenolic OH excluding ortho intramolecular Hbond substituents is 2. The number of anilines is 1. The molecule has 0 aromatic heterocycles. The minimum absolute atomic E-state index is 0.0114. The van der Waals surface area contributed by atoms with Crippen molar-refractivity contribution in [2.24, 2.45) is 0 Å². The summed E-state index contributed by atoms with van der Waals surface area (Å²) in [5, 5.41) is 22.4. The monoisotopic (exact) mass is 297 g/mol. The van der Waals surface area contributed by atoms with Crippen molar-refractivity contribution in [3.8, 4) is 11.5 Å². The molecule has 2 aromatic rings. The smallest absolute Gasteiger partial charge is 0.152 e. The van der Waals surface area contributed by atoms with E-state index in [4.69, 9.17) is 23.2 Å². The van der Waals surface area contributed by atoms with E-state index in [2.05, 4.69) is 5.32 Å². The Morgan fingerprint density at radius 1 is 1.00 bits per heavy atom. The first-order valence-corrected chi connectivity index (χ1v) is 6.46. The molecule has 0 aliphatic carbocycles. The van der Waals surface area contributed by atoms with E-state index in [1.165, 1.54) is 0 Å². The molecule has 0 heterocycles. The highest BCUT2D eigenvalue weighted by Gasteiger charge is 2.10. The minimum Gasteiger partial charge on any atom is -0.508 e. The fourth-order valence-electron chi connectivity index (χ4n) is 1.75. The Hall–Kier alpha value is -1.58. The van der Waals surface area contributed by atoms with Crippen LogP contribution in [0.1, 0.15) is 18.5 Å². The second-order valence-corrected chi connectivity index (χ2v) is 5.06. The zero-order valence-electron chi connectivity index (χ0n) is 10.2. The maximum Gasteiger partial charge on any atom is 0.152 e. The molecule has 2 aromatic carbocycles. The summed E-state index contributed by atoms with van der Waals surface area (Å²) in [6.45, 7) is 1.97. The van der Waals surface area contributed by atoms with Gasteiger partial charge in [-0.2, -0.15) is 0 Å². The predicted octanol–water partition coefficient (Wildman–Crippen LogP) is 4.58. The summed E-state index contributed by atoms with van der Waals surface area (Å²) >= 11 is 11.7. The fourth-order valence-corrected chi connectivity index (χ4v) is 2.23. The summed E-state index contributed by atoms with van der Waals surface area (Å²) in [5.41, 5.74) is 1.73. The molecule has 0 aliphatic rings. The molecule has 1 unspecified atom stereocenters. The van der Waals surface area contributed by atoms with Crippen molar-refractivity contribution < 1.29 is 10.2 Å². The molecule has 3 N–H and O–H groups in total. The van der Waals surface area contributed by atoms with Crippen molar-refractivity contribution in [1.82, 2.24) is 0 Å². The maximum absolute atomic E-state index is 9.49. The molecule has 0 saturated carbocycles. The van der Waals surface area contributed by atoms with Crippen molar-refractivity contribution >= 4 is 28.9 Å². The Morgan fingerprint density at radius 2 is 1.53 bits per heavy atom. The van der Waals surface area contributed by atoms with Gasteiger partial charge in [-0.1, -0.05) is 35.3 Å². The summed E-state index contributed by atoms with van der Waals surface area (Å²) in [7, 11) is 0. The van der Waals surface area contributed by atoms with Gasteiger partial charge < -0.3 is 15.5 Å². The number of halogens is 2. The third-order valence-corrected chi connectivity index (χ3v) is 3.37. The van der Waals surface area contributed by atoms with Crippen LogP contribution in [0.5, 0.6) is 11.5 Å². The molecule has 0 fully saturated rings. The van der Waals surface area contributed by atoms with Crippen molar-refractivity contribution in [1.29, 1.82) is 0 Å². The summed E-state index contributed by atoms with van der Waals surface area (Å²) in [6, 6.07) is 10.2. The van der Waals surface area contributed by atoms with Gasteiger partial charge >= 0.3 is 0 Å². The quantitative estimate of drug-likeness (QED) is 0.727. The van der Waals surface area contributed by atoms with Crippen LogP contribution in [0.15, 0.2) is 36.4 Å². The lowest BCUT2D eigenvalue weighted by molar-refractivity contribution is 0.474. The molecule has 0 aliphatic heterocycles. The topological polar surface area (TPSA) is 52.5 Å². The average molecular weight is 298 g/mol. The second-order valence-electron chi connectivity index (χ2n) is 4.25. The Bertz CT molecular complexity index is 561. The van der Waals surface area contributed by atoms with E-state index in [1.807, 2.05) is 19.1 Å². The third-order valence-electron chi connectivity index (χ3n) is 2.79. The highest BCUT2D eigenvalue weighted by Crippen LogP contribution is 2.35. The van der Waals surface area contributed by atoms with Crippen LogP contribution >= 0.6 is 23.2 Å². The van der Waals surface area contributed by atoms with Gasteiger partial charge in [0.25, 0.3) is 0 Å². The molecule has 1 atom stereocenters. The van der Waals surface area contributed by atoms with E-state index in [0.29, 0.717) is 5.69 Å². The van der Waals surface area contributed by atoms with Gasteiger partial charge in [-0.15, -0.1) is 0 Å². The highest BCUT2D eigenvalue weighted by molar-refractivity contribution is 6.37. The molecule has 3 nitrogen and oxygen atoms in total. The third kappa shape index (κ3) is 3.25. The Labute approximate surface area is 121 Å². The van der Waals surface area contributed by atoms with Gasteiger partial charge in [-0.25, -0.2) is 0 Å². The van der Waals surface area contributed by atoms with Crippen molar-refractivity contribution in [2.75, 3.05) is 5.32 Å². The van der Waals surface area contributed by atoms with Gasteiger partial charge in [0.2, 0.25) is 0 Å². The van der Waals surface area contributed by atoms with E-state index in [9.17, 15) is 10.2 Å². The molecule has 0 saturated heterocycles. The van der Waals surface area contributed by atoms with Gasteiger partial charge in [0, 0.05) is 11.7 Å². The Kier molecular flexibility index (Phi) is 4.08. The number of hydrogen-bond donors (Lipinski definition) is 3. The van der Waals surface area contributed by atoms with Crippen LogP contribution in [0.3, 0.4) is 0 Å². The summed E-state index contributed by atoms with van der Waals surface area (Å²) in [5.74, 6) is 0.109. The van der Waals surface area contributed by atoms with Crippen LogP contribution in [0.4, 0.5) is 5.69 Å². The van der Waals surface area contributed by atoms with E-state index in [-0.39, 0.29) is 27.6 Å². The molecular weight excluding hydrogens is 285 g/mol.